The Morgan fingerprint density at radius 2 is 2.18 bits per heavy atom. The highest BCUT2D eigenvalue weighted by molar-refractivity contribution is 5.82. The minimum Gasteiger partial charge on any atom is -0.341 e. The number of carbonyl (C=O) groups excluding carboxylic acids is 1. The van der Waals surface area contributed by atoms with Gasteiger partial charge in [0, 0.05) is 19.6 Å². The number of carbonyl (C=O) groups is 1. The largest absolute Gasteiger partial charge is 0.341 e. The highest BCUT2D eigenvalue weighted by Crippen LogP contribution is 2.14. The van der Waals surface area contributed by atoms with E-state index in [0.29, 0.717) is 12.3 Å². The first kappa shape index (κ1) is 14.0. The highest BCUT2D eigenvalue weighted by atomic mass is 16.2. The van der Waals surface area contributed by atoms with Gasteiger partial charge in [-0.05, 0) is 25.8 Å². The quantitative estimate of drug-likeness (QED) is 0.744. The van der Waals surface area contributed by atoms with Gasteiger partial charge in [-0.1, -0.05) is 13.8 Å². The molecule has 4 heteroatoms. The fourth-order valence-electron chi connectivity index (χ4n) is 2.14. The molecular formula is C13H23N3O. The van der Waals surface area contributed by atoms with Crippen molar-refractivity contribution < 1.29 is 4.79 Å². The molecule has 96 valence electrons. The average Bonchev–Trinajstić information content (AvgIpc) is 2.40. The van der Waals surface area contributed by atoms with Crippen LogP contribution in [0.4, 0.5) is 0 Å². The standard InChI is InChI=1S/C13H23N3O/c1-11(2)6-10-16-9-4-8-15(3)12(5-7-14)13(16)17/h11-12H,4-6,8-10H2,1-3H3. The maximum absolute atomic E-state index is 12.3. The van der Waals surface area contributed by atoms with E-state index in [9.17, 15) is 4.79 Å². The van der Waals surface area contributed by atoms with Crippen LogP contribution in [0, 0.1) is 17.2 Å². The number of hydrogen-bond acceptors (Lipinski definition) is 3. The smallest absolute Gasteiger partial charge is 0.240 e. The zero-order valence-electron chi connectivity index (χ0n) is 11.1. The van der Waals surface area contributed by atoms with E-state index in [1.165, 1.54) is 0 Å². The molecule has 0 aromatic heterocycles. The van der Waals surface area contributed by atoms with Gasteiger partial charge in [0.25, 0.3) is 0 Å². The molecule has 0 aliphatic carbocycles. The van der Waals surface area contributed by atoms with Crippen molar-refractivity contribution in [1.29, 1.82) is 5.26 Å². The van der Waals surface area contributed by atoms with Crippen LogP contribution in [-0.4, -0.2) is 48.4 Å². The average molecular weight is 237 g/mol. The van der Waals surface area contributed by atoms with Crippen LogP contribution in [0.25, 0.3) is 0 Å². The van der Waals surface area contributed by atoms with Crippen LogP contribution in [0.1, 0.15) is 33.1 Å². The van der Waals surface area contributed by atoms with E-state index in [0.717, 1.165) is 32.5 Å². The van der Waals surface area contributed by atoms with Crippen molar-refractivity contribution >= 4 is 5.91 Å². The molecule has 1 aliphatic heterocycles. The molecule has 1 aliphatic rings. The van der Waals surface area contributed by atoms with Crippen molar-refractivity contribution in [3.8, 4) is 6.07 Å². The Morgan fingerprint density at radius 3 is 2.76 bits per heavy atom. The van der Waals surface area contributed by atoms with Gasteiger partial charge in [-0.15, -0.1) is 0 Å². The highest BCUT2D eigenvalue weighted by Gasteiger charge is 2.30. The van der Waals surface area contributed by atoms with Gasteiger partial charge in [-0.2, -0.15) is 5.26 Å². The van der Waals surface area contributed by atoms with E-state index >= 15 is 0 Å². The van der Waals surface area contributed by atoms with Crippen molar-refractivity contribution in [1.82, 2.24) is 9.80 Å². The zero-order valence-corrected chi connectivity index (χ0v) is 11.1. The van der Waals surface area contributed by atoms with E-state index in [1.807, 2.05) is 16.8 Å². The van der Waals surface area contributed by atoms with Gasteiger partial charge in [0.1, 0.15) is 6.04 Å². The predicted molar refractivity (Wildman–Crippen MR) is 67.3 cm³/mol. The van der Waals surface area contributed by atoms with Crippen LogP contribution in [0.2, 0.25) is 0 Å². The summed E-state index contributed by atoms with van der Waals surface area (Å²) in [4.78, 5) is 16.2. The van der Waals surface area contributed by atoms with Crippen molar-refractivity contribution in [3.05, 3.63) is 0 Å². The van der Waals surface area contributed by atoms with Crippen LogP contribution in [-0.2, 0) is 4.79 Å². The molecule has 1 rings (SSSR count). The second-order valence-corrected chi connectivity index (χ2v) is 5.22. The third kappa shape index (κ3) is 4.01. The lowest BCUT2D eigenvalue weighted by atomic mass is 10.1. The second kappa shape index (κ2) is 6.61. The Hall–Kier alpha value is -1.08. The van der Waals surface area contributed by atoms with Crippen LogP contribution in [0.15, 0.2) is 0 Å². The van der Waals surface area contributed by atoms with Gasteiger partial charge in [-0.25, -0.2) is 0 Å². The first-order valence-corrected chi connectivity index (χ1v) is 6.42. The fraction of sp³-hybridized carbons (Fsp3) is 0.846. The van der Waals surface area contributed by atoms with E-state index in [4.69, 9.17) is 5.26 Å². The molecule has 1 amide bonds. The minimum atomic E-state index is -0.241. The Labute approximate surface area is 104 Å². The second-order valence-electron chi connectivity index (χ2n) is 5.22. The molecule has 1 saturated heterocycles. The van der Waals surface area contributed by atoms with Gasteiger partial charge >= 0.3 is 0 Å². The van der Waals surface area contributed by atoms with E-state index in [-0.39, 0.29) is 11.9 Å². The lowest BCUT2D eigenvalue weighted by Gasteiger charge is -2.26. The van der Waals surface area contributed by atoms with E-state index < -0.39 is 0 Å². The Kier molecular flexibility index (Phi) is 5.43. The molecule has 17 heavy (non-hydrogen) atoms. The normalized spacial score (nSPS) is 22.6. The van der Waals surface area contributed by atoms with E-state index in [1.54, 1.807) is 0 Å². The SMILES string of the molecule is CC(C)CCN1CCCN(C)C(CC#N)C1=O. The van der Waals surface area contributed by atoms with Crippen LogP contribution >= 0.6 is 0 Å². The summed E-state index contributed by atoms with van der Waals surface area (Å²) in [6.45, 7) is 6.89. The number of rotatable bonds is 4. The molecule has 0 aromatic carbocycles. The molecule has 1 unspecified atom stereocenters. The van der Waals surface area contributed by atoms with E-state index in [2.05, 4.69) is 19.9 Å². The van der Waals surface area contributed by atoms with Crippen LogP contribution in [0.3, 0.4) is 0 Å². The molecule has 0 radical (unpaired) electrons. The first-order chi connectivity index (χ1) is 8.06. The molecule has 0 saturated carbocycles. The lowest BCUT2D eigenvalue weighted by molar-refractivity contribution is -0.135. The van der Waals surface area contributed by atoms with Crippen molar-refractivity contribution in [2.24, 2.45) is 5.92 Å². The van der Waals surface area contributed by atoms with Gasteiger partial charge in [0.15, 0.2) is 0 Å². The van der Waals surface area contributed by atoms with Gasteiger partial charge in [-0.3, -0.25) is 9.69 Å². The molecule has 0 aromatic rings. The molecule has 4 nitrogen and oxygen atoms in total. The summed E-state index contributed by atoms with van der Waals surface area (Å²) in [5, 5.41) is 8.80. The zero-order chi connectivity index (χ0) is 12.8. The van der Waals surface area contributed by atoms with Crippen molar-refractivity contribution in [2.75, 3.05) is 26.7 Å². The lowest BCUT2D eigenvalue weighted by Crippen LogP contribution is -2.44. The molecule has 0 bridgehead atoms. The summed E-state index contributed by atoms with van der Waals surface area (Å²) >= 11 is 0. The Bertz CT molecular complexity index is 296. The summed E-state index contributed by atoms with van der Waals surface area (Å²) in [5.41, 5.74) is 0. The third-order valence-electron chi connectivity index (χ3n) is 3.33. The molecular weight excluding hydrogens is 214 g/mol. The third-order valence-corrected chi connectivity index (χ3v) is 3.33. The summed E-state index contributed by atoms with van der Waals surface area (Å²) in [5.74, 6) is 0.741. The number of hydrogen-bond donors (Lipinski definition) is 0. The summed E-state index contributed by atoms with van der Waals surface area (Å²) < 4.78 is 0. The summed E-state index contributed by atoms with van der Waals surface area (Å²) in [7, 11) is 1.94. The fourth-order valence-corrected chi connectivity index (χ4v) is 2.14. The van der Waals surface area contributed by atoms with Crippen LogP contribution in [0.5, 0.6) is 0 Å². The minimum absolute atomic E-state index is 0.132. The number of nitrogens with zero attached hydrogens (tertiary/aromatic N) is 3. The van der Waals surface area contributed by atoms with Crippen molar-refractivity contribution in [3.63, 3.8) is 0 Å². The predicted octanol–water partition coefficient (Wildman–Crippen LogP) is 1.48. The topological polar surface area (TPSA) is 47.3 Å². The summed E-state index contributed by atoms with van der Waals surface area (Å²) in [6.07, 6.45) is 2.34. The maximum atomic E-state index is 12.3. The first-order valence-electron chi connectivity index (χ1n) is 6.42. The van der Waals surface area contributed by atoms with Crippen LogP contribution < -0.4 is 0 Å². The Balaban J connectivity index is 2.65. The van der Waals surface area contributed by atoms with Gasteiger partial charge in [0.05, 0.1) is 12.5 Å². The number of amides is 1. The number of likely N-dealkylation sites (N-methyl/N-ethyl adjacent to an activating group) is 1. The number of nitriles is 1. The molecule has 0 spiro atoms. The maximum Gasteiger partial charge on any atom is 0.240 e. The van der Waals surface area contributed by atoms with Gasteiger partial charge < -0.3 is 4.90 Å². The Morgan fingerprint density at radius 1 is 1.47 bits per heavy atom. The van der Waals surface area contributed by atoms with Crippen molar-refractivity contribution in [2.45, 2.75) is 39.2 Å². The van der Waals surface area contributed by atoms with Gasteiger partial charge in [0.2, 0.25) is 5.91 Å². The molecule has 1 fully saturated rings. The summed E-state index contributed by atoms with van der Waals surface area (Å²) in [6, 6.07) is 1.88. The monoisotopic (exact) mass is 237 g/mol. The molecule has 1 heterocycles. The molecule has 1 atom stereocenters. The molecule has 0 N–H and O–H groups in total.